The number of benzene rings is 2. The van der Waals surface area contributed by atoms with Crippen molar-refractivity contribution in [2.75, 3.05) is 13.2 Å². The molecule has 0 radical (unpaired) electrons. The van der Waals surface area contributed by atoms with Crippen molar-refractivity contribution in [3.05, 3.63) is 94.0 Å². The Morgan fingerprint density at radius 2 is 1.87 bits per heavy atom. The highest BCUT2D eigenvalue weighted by atomic mass is 16.7. The van der Waals surface area contributed by atoms with E-state index < -0.39 is 18.0 Å². The van der Waals surface area contributed by atoms with E-state index in [1.165, 1.54) is 0 Å². The number of carbonyl (C=O) groups is 2. The van der Waals surface area contributed by atoms with Gasteiger partial charge in [0.25, 0.3) is 0 Å². The average Bonchev–Trinajstić information content (AvgIpc) is 3.10. The first-order chi connectivity index (χ1) is 14.6. The van der Waals surface area contributed by atoms with Gasteiger partial charge >= 0.3 is 12.1 Å². The van der Waals surface area contributed by atoms with Crippen LogP contribution in [0.15, 0.2) is 77.3 Å². The van der Waals surface area contributed by atoms with Crippen LogP contribution in [-0.2, 0) is 25.4 Å². The number of hydrogen-bond acceptors (Lipinski definition) is 6. The third kappa shape index (κ3) is 3.81. The van der Waals surface area contributed by atoms with E-state index in [9.17, 15) is 9.59 Å². The third-order valence-electron chi connectivity index (χ3n) is 5.21. The van der Waals surface area contributed by atoms with E-state index in [1.807, 2.05) is 49.4 Å². The first-order valence-corrected chi connectivity index (χ1v) is 9.92. The lowest BCUT2D eigenvalue weighted by Gasteiger charge is -2.29. The Labute approximate surface area is 175 Å². The minimum Gasteiger partial charge on any atom is -0.456 e. The molecule has 0 aromatic heterocycles. The number of cyclic esters (lactones) is 1. The lowest BCUT2D eigenvalue weighted by Crippen LogP contribution is -2.29. The molecule has 0 fully saturated rings. The molecule has 1 unspecified atom stereocenters. The molecule has 2 aromatic carbocycles. The summed E-state index contributed by atoms with van der Waals surface area (Å²) in [7, 11) is 0. The molecule has 0 saturated carbocycles. The van der Waals surface area contributed by atoms with E-state index in [2.05, 4.69) is 17.4 Å². The predicted octanol–water partition coefficient (Wildman–Crippen LogP) is 4.18. The van der Waals surface area contributed by atoms with Gasteiger partial charge in [0.05, 0.1) is 29.5 Å². The monoisotopic (exact) mass is 405 g/mol. The molecule has 2 aromatic rings. The topological polar surface area (TPSA) is 73.9 Å². The first-order valence-electron chi connectivity index (χ1n) is 9.92. The van der Waals surface area contributed by atoms with Crippen molar-refractivity contribution in [1.29, 1.82) is 0 Å². The predicted molar refractivity (Wildman–Crippen MR) is 110 cm³/mol. The normalized spacial score (nSPS) is 17.9. The zero-order chi connectivity index (χ0) is 21.1. The second kappa shape index (κ2) is 8.45. The summed E-state index contributed by atoms with van der Waals surface area (Å²) < 4.78 is 15.9. The first kappa shape index (κ1) is 19.8. The molecule has 4 rings (SSSR count). The van der Waals surface area contributed by atoms with E-state index in [0.717, 1.165) is 16.7 Å². The summed E-state index contributed by atoms with van der Waals surface area (Å²) in [5, 5.41) is 3.16. The average molecular weight is 405 g/mol. The van der Waals surface area contributed by atoms with Gasteiger partial charge in [0, 0.05) is 0 Å². The standard InChI is InChI=1S/C24H23NO5/c1-3-28-24(27)30-22-15(2)25-19-14-29-23(26)21(19)20(22)18-12-8-7-11-17(18)13-16-9-5-4-6-10-16/h4-12,20,25H,3,13-14H2,1-2H3. The van der Waals surface area contributed by atoms with Crippen LogP contribution in [0.2, 0.25) is 0 Å². The summed E-state index contributed by atoms with van der Waals surface area (Å²) in [6.45, 7) is 3.90. The van der Waals surface area contributed by atoms with Crippen molar-refractivity contribution in [3.8, 4) is 0 Å². The molecule has 30 heavy (non-hydrogen) atoms. The number of carbonyl (C=O) groups excluding carboxylic acids is 2. The van der Waals surface area contributed by atoms with Gasteiger partial charge in [-0.1, -0.05) is 54.6 Å². The van der Waals surface area contributed by atoms with Crippen LogP contribution in [0.1, 0.15) is 36.5 Å². The molecule has 6 nitrogen and oxygen atoms in total. The molecular weight excluding hydrogens is 382 g/mol. The molecule has 2 heterocycles. The number of hydrogen-bond donors (Lipinski definition) is 1. The van der Waals surface area contributed by atoms with Gasteiger partial charge in [0.15, 0.2) is 0 Å². The van der Waals surface area contributed by atoms with Crippen molar-refractivity contribution in [3.63, 3.8) is 0 Å². The summed E-state index contributed by atoms with van der Waals surface area (Å²) in [5.74, 6) is -0.610. The molecule has 154 valence electrons. The van der Waals surface area contributed by atoms with Crippen molar-refractivity contribution in [2.45, 2.75) is 26.2 Å². The number of dihydropyridines is 1. The fraction of sp³-hybridized carbons (Fsp3) is 0.250. The number of ether oxygens (including phenoxy) is 3. The molecule has 6 heteroatoms. The van der Waals surface area contributed by atoms with Crippen LogP contribution in [-0.4, -0.2) is 25.3 Å². The SMILES string of the molecule is CCOC(=O)OC1=C(C)NC2=C(C(=O)OC2)C1c1ccccc1Cc1ccccc1. The quantitative estimate of drug-likeness (QED) is 0.753. The molecule has 0 saturated heterocycles. The fourth-order valence-corrected chi connectivity index (χ4v) is 3.91. The van der Waals surface area contributed by atoms with Crippen LogP contribution in [0, 0.1) is 0 Å². The molecule has 0 aliphatic carbocycles. The molecule has 0 spiro atoms. The molecule has 1 atom stereocenters. The van der Waals surface area contributed by atoms with Gasteiger partial charge in [-0.15, -0.1) is 0 Å². The Balaban J connectivity index is 1.79. The van der Waals surface area contributed by atoms with E-state index in [0.29, 0.717) is 29.1 Å². The Hall–Kier alpha value is -3.54. The van der Waals surface area contributed by atoms with Crippen LogP contribution in [0.5, 0.6) is 0 Å². The van der Waals surface area contributed by atoms with E-state index in [1.54, 1.807) is 6.92 Å². The largest absolute Gasteiger partial charge is 0.513 e. The summed E-state index contributed by atoms with van der Waals surface area (Å²) in [6, 6.07) is 18.0. The van der Waals surface area contributed by atoms with E-state index in [-0.39, 0.29) is 13.2 Å². The highest BCUT2D eigenvalue weighted by molar-refractivity contribution is 5.95. The summed E-state index contributed by atoms with van der Waals surface area (Å²) in [6.07, 6.45) is -0.112. The van der Waals surface area contributed by atoms with E-state index >= 15 is 0 Å². The second-order valence-corrected chi connectivity index (χ2v) is 7.16. The van der Waals surface area contributed by atoms with Gasteiger partial charge in [-0.05, 0) is 37.0 Å². The molecule has 0 bridgehead atoms. The van der Waals surface area contributed by atoms with Crippen LogP contribution >= 0.6 is 0 Å². The van der Waals surface area contributed by atoms with Gasteiger partial charge in [0.1, 0.15) is 12.4 Å². The van der Waals surface area contributed by atoms with Crippen molar-refractivity contribution in [1.82, 2.24) is 5.32 Å². The van der Waals surface area contributed by atoms with Crippen molar-refractivity contribution < 1.29 is 23.8 Å². The maximum Gasteiger partial charge on any atom is 0.513 e. The van der Waals surface area contributed by atoms with Crippen molar-refractivity contribution in [2.24, 2.45) is 0 Å². The van der Waals surface area contributed by atoms with Gasteiger partial charge in [-0.3, -0.25) is 0 Å². The molecule has 1 N–H and O–H groups in total. The molecule has 2 aliphatic heterocycles. The Kier molecular flexibility index (Phi) is 5.57. The number of rotatable bonds is 5. The van der Waals surface area contributed by atoms with Gasteiger partial charge in [-0.25, -0.2) is 9.59 Å². The molecule has 0 amide bonds. The Morgan fingerprint density at radius 3 is 2.63 bits per heavy atom. The van der Waals surface area contributed by atoms with Crippen molar-refractivity contribution >= 4 is 12.1 Å². The number of esters is 1. The highest BCUT2D eigenvalue weighted by Crippen LogP contribution is 2.42. The maximum absolute atomic E-state index is 12.6. The van der Waals surface area contributed by atoms with Gasteiger partial charge in [0.2, 0.25) is 0 Å². The zero-order valence-electron chi connectivity index (χ0n) is 16.9. The lowest BCUT2D eigenvalue weighted by atomic mass is 9.82. The third-order valence-corrected chi connectivity index (χ3v) is 5.21. The van der Waals surface area contributed by atoms with Gasteiger partial charge < -0.3 is 19.5 Å². The zero-order valence-corrected chi connectivity index (χ0v) is 16.9. The van der Waals surface area contributed by atoms with Crippen LogP contribution in [0.3, 0.4) is 0 Å². The maximum atomic E-state index is 12.6. The minimum absolute atomic E-state index is 0.176. The van der Waals surface area contributed by atoms with Crippen LogP contribution in [0.25, 0.3) is 0 Å². The van der Waals surface area contributed by atoms with E-state index in [4.69, 9.17) is 14.2 Å². The molecule has 2 aliphatic rings. The minimum atomic E-state index is -0.797. The summed E-state index contributed by atoms with van der Waals surface area (Å²) in [5.41, 5.74) is 4.91. The number of allylic oxidation sites excluding steroid dienone is 2. The fourth-order valence-electron chi connectivity index (χ4n) is 3.91. The van der Waals surface area contributed by atoms with Crippen LogP contribution < -0.4 is 5.32 Å². The second-order valence-electron chi connectivity index (χ2n) is 7.16. The Bertz CT molecular complexity index is 1040. The molecular formula is C24H23NO5. The Morgan fingerprint density at radius 1 is 1.13 bits per heavy atom. The smallest absolute Gasteiger partial charge is 0.456 e. The number of nitrogens with one attached hydrogen (secondary N) is 1. The lowest BCUT2D eigenvalue weighted by molar-refractivity contribution is -0.136. The van der Waals surface area contributed by atoms with Gasteiger partial charge in [-0.2, -0.15) is 0 Å². The van der Waals surface area contributed by atoms with Crippen LogP contribution in [0.4, 0.5) is 4.79 Å². The summed E-state index contributed by atoms with van der Waals surface area (Å²) in [4.78, 5) is 24.8. The highest BCUT2D eigenvalue weighted by Gasteiger charge is 2.41. The summed E-state index contributed by atoms with van der Waals surface area (Å²) >= 11 is 0.